The van der Waals surface area contributed by atoms with Gasteiger partial charge in [0.15, 0.2) is 0 Å². The first kappa shape index (κ1) is 20.1. The predicted molar refractivity (Wildman–Crippen MR) is 121 cm³/mol. The molecule has 2 aromatic carbocycles. The molecule has 0 saturated heterocycles. The van der Waals surface area contributed by atoms with Crippen LogP contribution in [0, 0.1) is 0 Å². The van der Waals surface area contributed by atoms with Gasteiger partial charge in [-0.2, -0.15) is 5.10 Å². The molecule has 0 fully saturated rings. The van der Waals surface area contributed by atoms with Gasteiger partial charge in [-0.15, -0.1) is 0 Å². The van der Waals surface area contributed by atoms with Crippen LogP contribution in [0.25, 0.3) is 22.3 Å². The van der Waals surface area contributed by atoms with E-state index in [4.69, 9.17) is 16.6 Å². The van der Waals surface area contributed by atoms with E-state index in [0.717, 1.165) is 45.7 Å². The molecule has 0 radical (unpaired) electrons. The number of aryl methyl sites for hydroxylation is 2. The van der Waals surface area contributed by atoms with E-state index in [1.54, 1.807) is 10.9 Å². The van der Waals surface area contributed by atoms with Gasteiger partial charge in [0.05, 0.1) is 22.5 Å². The number of rotatable bonds is 6. The number of carbonyl (C=O) groups is 1. The van der Waals surface area contributed by atoms with Gasteiger partial charge >= 0.3 is 0 Å². The number of halogens is 1. The number of para-hydroxylation sites is 1. The molecule has 30 heavy (non-hydrogen) atoms. The van der Waals surface area contributed by atoms with Crippen molar-refractivity contribution in [1.82, 2.24) is 20.1 Å². The molecule has 0 spiro atoms. The van der Waals surface area contributed by atoms with E-state index in [1.165, 1.54) is 0 Å². The lowest BCUT2D eigenvalue weighted by Gasteiger charge is -2.16. The molecule has 0 bridgehead atoms. The van der Waals surface area contributed by atoms with E-state index >= 15 is 0 Å². The van der Waals surface area contributed by atoms with Crippen molar-refractivity contribution in [3.05, 3.63) is 83.0 Å². The van der Waals surface area contributed by atoms with E-state index < -0.39 is 0 Å². The zero-order valence-corrected chi connectivity index (χ0v) is 17.7. The van der Waals surface area contributed by atoms with Gasteiger partial charge in [0.2, 0.25) is 0 Å². The molecule has 1 unspecified atom stereocenters. The van der Waals surface area contributed by atoms with Crippen LogP contribution in [0.3, 0.4) is 0 Å². The Balaban J connectivity index is 1.58. The maximum Gasteiger partial charge on any atom is 0.252 e. The van der Waals surface area contributed by atoms with Crippen LogP contribution in [-0.2, 0) is 13.5 Å². The smallest absolute Gasteiger partial charge is 0.252 e. The monoisotopic (exact) mass is 418 g/mol. The van der Waals surface area contributed by atoms with Crippen LogP contribution in [0.5, 0.6) is 0 Å². The highest BCUT2D eigenvalue weighted by Crippen LogP contribution is 2.25. The number of pyridine rings is 1. The van der Waals surface area contributed by atoms with E-state index in [0.29, 0.717) is 5.56 Å². The summed E-state index contributed by atoms with van der Waals surface area (Å²) in [6, 6.07) is 19.3. The molecule has 1 amide bonds. The van der Waals surface area contributed by atoms with Crippen LogP contribution in [-0.4, -0.2) is 26.7 Å². The third kappa shape index (κ3) is 4.21. The summed E-state index contributed by atoms with van der Waals surface area (Å²) in [5.41, 5.74) is 4.07. The molecular weight excluding hydrogens is 396 g/mol. The average molecular weight is 419 g/mol. The first-order valence-electron chi connectivity index (χ1n) is 9.95. The number of hydrogen-bond acceptors (Lipinski definition) is 3. The van der Waals surface area contributed by atoms with Crippen LogP contribution >= 0.6 is 11.6 Å². The van der Waals surface area contributed by atoms with Crippen molar-refractivity contribution in [3.8, 4) is 11.4 Å². The van der Waals surface area contributed by atoms with Crippen LogP contribution < -0.4 is 5.32 Å². The first-order chi connectivity index (χ1) is 14.5. The minimum atomic E-state index is -0.108. The van der Waals surface area contributed by atoms with Gasteiger partial charge in [0.1, 0.15) is 0 Å². The molecule has 0 aliphatic carbocycles. The fourth-order valence-corrected chi connectivity index (χ4v) is 3.80. The lowest BCUT2D eigenvalue weighted by atomic mass is 10.0. The van der Waals surface area contributed by atoms with Crippen molar-refractivity contribution in [2.24, 2.45) is 7.05 Å². The number of benzene rings is 2. The summed E-state index contributed by atoms with van der Waals surface area (Å²) in [5.74, 6) is -0.108. The number of carbonyl (C=O) groups excluding carboxylic acids is 1. The van der Waals surface area contributed by atoms with Crippen LogP contribution in [0.1, 0.15) is 29.3 Å². The molecule has 0 aliphatic heterocycles. The number of fused-ring (bicyclic) bond motifs is 1. The van der Waals surface area contributed by atoms with Crippen molar-refractivity contribution in [2.75, 3.05) is 0 Å². The molecule has 2 heterocycles. The second kappa shape index (κ2) is 8.67. The fourth-order valence-electron chi connectivity index (χ4n) is 3.57. The summed E-state index contributed by atoms with van der Waals surface area (Å²) in [5, 5.41) is 8.95. The minimum absolute atomic E-state index is 0.000790. The minimum Gasteiger partial charge on any atom is -0.350 e. The third-order valence-electron chi connectivity index (χ3n) is 5.23. The Morgan fingerprint density at radius 2 is 1.90 bits per heavy atom. The highest BCUT2D eigenvalue weighted by atomic mass is 35.5. The quantitative estimate of drug-likeness (QED) is 0.477. The van der Waals surface area contributed by atoms with Gasteiger partial charge in [0.25, 0.3) is 5.91 Å². The largest absolute Gasteiger partial charge is 0.350 e. The highest BCUT2D eigenvalue weighted by Gasteiger charge is 2.17. The number of nitrogens with one attached hydrogen (secondary N) is 1. The van der Waals surface area contributed by atoms with Crippen molar-refractivity contribution >= 4 is 28.4 Å². The Morgan fingerprint density at radius 3 is 2.67 bits per heavy atom. The number of hydrogen-bond donors (Lipinski definition) is 1. The van der Waals surface area contributed by atoms with Crippen LogP contribution in [0.2, 0.25) is 5.02 Å². The van der Waals surface area contributed by atoms with Gasteiger partial charge < -0.3 is 5.32 Å². The van der Waals surface area contributed by atoms with Gasteiger partial charge in [-0.1, -0.05) is 48.0 Å². The maximum atomic E-state index is 13.2. The van der Waals surface area contributed by atoms with Gasteiger partial charge in [-0.05, 0) is 49.6 Å². The lowest BCUT2D eigenvalue weighted by molar-refractivity contribution is 0.0940. The molecular formula is C24H23ClN4O. The zero-order chi connectivity index (χ0) is 21.1. The standard InChI is InChI=1S/C24H23ClN4O/c1-16(11-12-17-7-3-5-9-20(17)25)27-24(30)19-15-22(23-13-14-26-29(23)2)28-21-10-6-4-8-18(19)21/h3-10,13-16H,11-12H2,1-2H3,(H,27,30). The zero-order valence-electron chi connectivity index (χ0n) is 17.0. The molecule has 4 rings (SSSR count). The Labute approximate surface area is 180 Å². The molecule has 152 valence electrons. The summed E-state index contributed by atoms with van der Waals surface area (Å²) in [6.45, 7) is 2.01. The Morgan fingerprint density at radius 1 is 1.13 bits per heavy atom. The van der Waals surface area contributed by atoms with E-state index in [1.807, 2.05) is 74.6 Å². The van der Waals surface area contributed by atoms with E-state index in [9.17, 15) is 4.79 Å². The third-order valence-corrected chi connectivity index (χ3v) is 5.59. The topological polar surface area (TPSA) is 59.8 Å². The Kier molecular flexibility index (Phi) is 5.81. The van der Waals surface area contributed by atoms with Crippen LogP contribution in [0.15, 0.2) is 66.9 Å². The average Bonchev–Trinajstić information content (AvgIpc) is 3.18. The predicted octanol–water partition coefficient (Wildman–Crippen LogP) is 5.04. The highest BCUT2D eigenvalue weighted by molar-refractivity contribution is 6.31. The van der Waals surface area contributed by atoms with E-state index in [2.05, 4.69) is 10.4 Å². The Hall–Kier alpha value is -3.18. The molecule has 4 aromatic rings. The second-order valence-corrected chi connectivity index (χ2v) is 7.82. The molecule has 0 saturated carbocycles. The Bertz CT molecular complexity index is 1200. The molecule has 2 aromatic heterocycles. The molecule has 5 nitrogen and oxygen atoms in total. The van der Waals surface area contributed by atoms with Gasteiger partial charge in [-0.3, -0.25) is 9.48 Å². The SMILES string of the molecule is CC(CCc1ccccc1Cl)NC(=O)c1cc(-c2ccnn2C)nc2ccccc12. The fraction of sp³-hybridized carbons (Fsp3) is 0.208. The van der Waals surface area contributed by atoms with Crippen LogP contribution in [0.4, 0.5) is 0 Å². The maximum absolute atomic E-state index is 13.2. The van der Waals surface area contributed by atoms with Crippen molar-refractivity contribution in [3.63, 3.8) is 0 Å². The van der Waals surface area contributed by atoms with Crippen molar-refractivity contribution < 1.29 is 4.79 Å². The van der Waals surface area contributed by atoms with Gasteiger partial charge in [-0.25, -0.2) is 4.98 Å². The molecule has 1 atom stereocenters. The second-order valence-electron chi connectivity index (χ2n) is 7.42. The first-order valence-corrected chi connectivity index (χ1v) is 10.3. The lowest BCUT2D eigenvalue weighted by Crippen LogP contribution is -2.33. The number of nitrogens with zero attached hydrogens (tertiary/aromatic N) is 3. The van der Waals surface area contributed by atoms with E-state index in [-0.39, 0.29) is 11.9 Å². The summed E-state index contributed by atoms with van der Waals surface area (Å²) >= 11 is 6.25. The number of aromatic nitrogens is 3. The van der Waals surface area contributed by atoms with Crippen molar-refractivity contribution in [2.45, 2.75) is 25.8 Å². The summed E-state index contributed by atoms with van der Waals surface area (Å²) < 4.78 is 1.75. The molecule has 0 aliphatic rings. The normalized spacial score (nSPS) is 12.1. The summed E-state index contributed by atoms with van der Waals surface area (Å²) in [4.78, 5) is 17.9. The number of amides is 1. The summed E-state index contributed by atoms with van der Waals surface area (Å²) in [6.07, 6.45) is 3.33. The molecule has 6 heteroatoms. The summed E-state index contributed by atoms with van der Waals surface area (Å²) in [7, 11) is 1.86. The molecule has 1 N–H and O–H groups in total. The van der Waals surface area contributed by atoms with Gasteiger partial charge in [0, 0.05) is 29.7 Å². The van der Waals surface area contributed by atoms with Crippen molar-refractivity contribution in [1.29, 1.82) is 0 Å².